The number of benzene rings is 1. The van der Waals surface area contributed by atoms with E-state index >= 15 is 0 Å². The highest BCUT2D eigenvalue weighted by molar-refractivity contribution is 6.03. The molecule has 0 bridgehead atoms. The fraction of sp³-hybridized carbons (Fsp3) is 0.423. The number of nitrogens with zero attached hydrogens (tertiary/aromatic N) is 5. The van der Waals surface area contributed by atoms with Crippen molar-refractivity contribution in [3.05, 3.63) is 71.1 Å². The van der Waals surface area contributed by atoms with Crippen LogP contribution in [0.2, 0.25) is 0 Å². The van der Waals surface area contributed by atoms with Gasteiger partial charge in [-0.1, -0.05) is 32.0 Å². The van der Waals surface area contributed by atoms with Crippen LogP contribution in [0, 0.1) is 17.2 Å². The maximum Gasteiger partial charge on any atom is 0.274 e. The number of carbonyl (C=O) groups excluding carboxylic acids is 1. The SMILES string of the molecule is Cn1cnnc1C1(c2cccc(NC(=O)c3ccc4c(n3)C(C)(C)CC4)c2)CC(CC#N)C1. The van der Waals surface area contributed by atoms with Gasteiger partial charge in [-0.05, 0) is 60.9 Å². The number of rotatable bonds is 5. The third kappa shape index (κ3) is 3.60. The summed E-state index contributed by atoms with van der Waals surface area (Å²) in [6.45, 7) is 4.36. The molecule has 7 nitrogen and oxygen atoms in total. The molecule has 0 radical (unpaired) electrons. The number of fused-ring (bicyclic) bond motifs is 1. The van der Waals surface area contributed by atoms with Crippen LogP contribution in [0.15, 0.2) is 42.7 Å². The van der Waals surface area contributed by atoms with Crippen LogP contribution >= 0.6 is 0 Å². The van der Waals surface area contributed by atoms with Crippen molar-refractivity contribution in [3.63, 3.8) is 0 Å². The van der Waals surface area contributed by atoms with Gasteiger partial charge in [-0.15, -0.1) is 10.2 Å². The highest BCUT2D eigenvalue weighted by Gasteiger charge is 2.49. The number of carbonyl (C=O) groups is 1. The fourth-order valence-electron chi connectivity index (χ4n) is 5.52. The standard InChI is InChI=1S/C26H28N6O/c1-25(2)11-9-18-7-8-21(30-22(18)25)23(33)29-20-6-4-5-19(13-20)26(14-17(15-26)10-12-27)24-31-28-16-32(24)3/h4-8,13,16-17H,9-11,14-15H2,1-3H3,(H,29,33). The zero-order valence-electron chi connectivity index (χ0n) is 19.3. The largest absolute Gasteiger partial charge is 0.321 e. The third-order valence-electron chi connectivity index (χ3n) is 7.34. The Morgan fingerprint density at radius 3 is 2.82 bits per heavy atom. The van der Waals surface area contributed by atoms with Crippen molar-refractivity contribution in [1.82, 2.24) is 19.7 Å². The van der Waals surface area contributed by atoms with Gasteiger partial charge in [0.15, 0.2) is 0 Å². The average Bonchev–Trinajstić information content (AvgIpc) is 3.33. The molecule has 0 atom stereocenters. The van der Waals surface area contributed by atoms with Gasteiger partial charge in [0.25, 0.3) is 5.91 Å². The number of hydrogen-bond donors (Lipinski definition) is 1. The van der Waals surface area contributed by atoms with Gasteiger partial charge in [-0.25, -0.2) is 4.98 Å². The highest BCUT2D eigenvalue weighted by Crippen LogP contribution is 2.53. The number of pyridine rings is 1. The first kappa shape index (κ1) is 21.3. The molecule has 0 aliphatic heterocycles. The van der Waals surface area contributed by atoms with Crippen LogP contribution in [0.4, 0.5) is 5.69 Å². The predicted molar refractivity (Wildman–Crippen MR) is 125 cm³/mol. The smallest absolute Gasteiger partial charge is 0.274 e. The first-order chi connectivity index (χ1) is 15.8. The summed E-state index contributed by atoms with van der Waals surface area (Å²) in [6.07, 6.45) is 5.99. The van der Waals surface area contributed by atoms with Crippen molar-refractivity contribution >= 4 is 11.6 Å². The number of anilines is 1. The molecule has 1 fully saturated rings. The first-order valence-corrected chi connectivity index (χ1v) is 11.5. The summed E-state index contributed by atoms with van der Waals surface area (Å²) in [5.74, 6) is 1.02. The number of nitriles is 1. The van der Waals surface area contributed by atoms with Gasteiger partial charge in [0.2, 0.25) is 0 Å². The Morgan fingerprint density at radius 1 is 1.27 bits per heavy atom. The van der Waals surface area contributed by atoms with E-state index in [0.29, 0.717) is 18.0 Å². The van der Waals surface area contributed by atoms with E-state index in [4.69, 9.17) is 10.2 Å². The molecule has 33 heavy (non-hydrogen) atoms. The van der Waals surface area contributed by atoms with Crippen molar-refractivity contribution < 1.29 is 4.79 Å². The van der Waals surface area contributed by atoms with Crippen molar-refractivity contribution in [2.75, 3.05) is 5.32 Å². The summed E-state index contributed by atoms with van der Waals surface area (Å²) in [4.78, 5) is 17.8. The second-order valence-corrected chi connectivity index (χ2v) is 10.1. The van der Waals surface area contributed by atoms with Gasteiger partial charge in [0.05, 0.1) is 17.2 Å². The summed E-state index contributed by atoms with van der Waals surface area (Å²) in [5.41, 5.74) is 4.21. The molecule has 2 aliphatic carbocycles. The summed E-state index contributed by atoms with van der Waals surface area (Å²) in [5, 5.41) is 20.7. The van der Waals surface area contributed by atoms with Crippen LogP contribution in [-0.4, -0.2) is 25.7 Å². The van der Waals surface area contributed by atoms with Gasteiger partial charge in [-0.3, -0.25) is 4.79 Å². The molecule has 2 aliphatic rings. The van der Waals surface area contributed by atoms with Crippen LogP contribution in [0.25, 0.3) is 0 Å². The number of amides is 1. The zero-order chi connectivity index (χ0) is 23.2. The molecule has 168 valence electrons. The summed E-state index contributed by atoms with van der Waals surface area (Å²) < 4.78 is 1.95. The van der Waals surface area contributed by atoms with E-state index in [2.05, 4.69) is 41.5 Å². The topological polar surface area (TPSA) is 96.5 Å². The lowest BCUT2D eigenvalue weighted by Gasteiger charge is -2.46. The Labute approximate surface area is 193 Å². The molecule has 0 unspecified atom stereocenters. The first-order valence-electron chi connectivity index (χ1n) is 11.5. The Kier molecular flexibility index (Phi) is 5.04. The monoisotopic (exact) mass is 440 g/mol. The second kappa shape index (κ2) is 7.80. The van der Waals surface area contributed by atoms with Gasteiger partial charge in [0.1, 0.15) is 17.8 Å². The minimum absolute atomic E-state index is 0.00177. The Hall–Kier alpha value is -3.53. The molecule has 1 aromatic carbocycles. The lowest BCUT2D eigenvalue weighted by Crippen LogP contribution is -2.44. The Bertz CT molecular complexity index is 1260. The maximum atomic E-state index is 13.1. The summed E-state index contributed by atoms with van der Waals surface area (Å²) in [6, 6.07) is 14.1. The third-order valence-corrected chi connectivity index (χ3v) is 7.34. The number of aryl methyl sites for hydroxylation is 2. The molecular weight excluding hydrogens is 412 g/mol. The van der Waals surface area contributed by atoms with Crippen LogP contribution in [0.1, 0.15) is 72.7 Å². The minimum Gasteiger partial charge on any atom is -0.321 e. The van der Waals surface area contributed by atoms with Crippen LogP contribution < -0.4 is 5.32 Å². The van der Waals surface area contributed by atoms with E-state index in [0.717, 1.165) is 48.5 Å². The summed E-state index contributed by atoms with van der Waals surface area (Å²) >= 11 is 0. The van der Waals surface area contributed by atoms with Crippen LogP contribution in [0.5, 0.6) is 0 Å². The van der Waals surface area contributed by atoms with Crippen molar-refractivity contribution in [3.8, 4) is 6.07 Å². The minimum atomic E-state index is -0.302. The quantitative estimate of drug-likeness (QED) is 0.638. The number of nitrogens with one attached hydrogen (secondary N) is 1. The lowest BCUT2D eigenvalue weighted by atomic mass is 9.57. The van der Waals surface area contributed by atoms with E-state index in [1.807, 2.05) is 41.9 Å². The number of hydrogen-bond acceptors (Lipinski definition) is 5. The zero-order valence-corrected chi connectivity index (χ0v) is 19.3. The van der Waals surface area contributed by atoms with Gasteiger partial charge in [-0.2, -0.15) is 5.26 Å². The molecule has 2 aromatic heterocycles. The van der Waals surface area contributed by atoms with Crippen molar-refractivity contribution in [2.45, 2.75) is 56.8 Å². The molecular formula is C26H28N6O. The van der Waals surface area contributed by atoms with Gasteiger partial charge >= 0.3 is 0 Å². The molecule has 0 spiro atoms. The number of aromatic nitrogens is 4. The van der Waals surface area contributed by atoms with Gasteiger partial charge in [0, 0.05) is 24.6 Å². The van der Waals surface area contributed by atoms with E-state index in [9.17, 15) is 4.79 Å². The van der Waals surface area contributed by atoms with E-state index in [1.165, 1.54) is 5.56 Å². The average molecular weight is 441 g/mol. The van der Waals surface area contributed by atoms with Crippen molar-refractivity contribution in [2.24, 2.45) is 13.0 Å². The maximum absolute atomic E-state index is 13.1. The lowest BCUT2D eigenvalue weighted by molar-refractivity contribution is 0.102. The Balaban J connectivity index is 1.42. The summed E-state index contributed by atoms with van der Waals surface area (Å²) in [7, 11) is 1.95. The molecule has 3 aromatic rings. The van der Waals surface area contributed by atoms with E-state index < -0.39 is 0 Å². The second-order valence-electron chi connectivity index (χ2n) is 10.1. The van der Waals surface area contributed by atoms with Crippen LogP contribution in [-0.2, 0) is 24.3 Å². The molecule has 1 amide bonds. The van der Waals surface area contributed by atoms with E-state index in [1.54, 1.807) is 6.33 Å². The van der Waals surface area contributed by atoms with Crippen LogP contribution in [0.3, 0.4) is 0 Å². The van der Waals surface area contributed by atoms with Crippen molar-refractivity contribution in [1.29, 1.82) is 5.26 Å². The van der Waals surface area contributed by atoms with Gasteiger partial charge < -0.3 is 9.88 Å². The van der Waals surface area contributed by atoms with E-state index in [-0.39, 0.29) is 16.7 Å². The Morgan fingerprint density at radius 2 is 2.09 bits per heavy atom. The highest BCUT2D eigenvalue weighted by atomic mass is 16.1. The molecule has 1 N–H and O–H groups in total. The molecule has 0 saturated heterocycles. The normalized spacial score (nSPS) is 22.8. The molecule has 5 rings (SSSR count). The molecule has 2 heterocycles. The molecule has 7 heteroatoms. The molecule has 1 saturated carbocycles. The predicted octanol–water partition coefficient (Wildman–Crippen LogP) is 4.30. The fourth-order valence-corrected chi connectivity index (χ4v) is 5.52.